The van der Waals surface area contributed by atoms with E-state index in [1.165, 1.54) is 5.56 Å². The number of nitrogens with zero attached hydrogens (tertiary/aromatic N) is 1. The van der Waals surface area contributed by atoms with Crippen molar-refractivity contribution in [3.05, 3.63) is 53.1 Å². The molecule has 0 spiro atoms. The lowest BCUT2D eigenvalue weighted by Gasteiger charge is -2.08. The van der Waals surface area contributed by atoms with E-state index in [1.807, 2.05) is 36.4 Å². The van der Waals surface area contributed by atoms with Gasteiger partial charge in [0.1, 0.15) is 0 Å². The van der Waals surface area contributed by atoms with Gasteiger partial charge in [-0.05, 0) is 24.1 Å². The second kappa shape index (κ2) is 4.01. The summed E-state index contributed by atoms with van der Waals surface area (Å²) in [5.41, 5.74) is 3.19. The van der Waals surface area contributed by atoms with Crippen molar-refractivity contribution < 1.29 is 0 Å². The van der Waals surface area contributed by atoms with Crippen molar-refractivity contribution in [1.82, 2.24) is 4.98 Å². The van der Waals surface area contributed by atoms with Crippen molar-refractivity contribution in [3.8, 4) is 0 Å². The van der Waals surface area contributed by atoms with Crippen molar-refractivity contribution in [2.75, 3.05) is 0 Å². The van der Waals surface area contributed by atoms with Crippen molar-refractivity contribution in [3.63, 3.8) is 0 Å². The van der Waals surface area contributed by atoms with Gasteiger partial charge in [0.05, 0.1) is 16.1 Å². The molecular formula is C15H12ClN. The highest BCUT2D eigenvalue weighted by atomic mass is 35.5. The lowest BCUT2D eigenvalue weighted by molar-refractivity contribution is 1.16. The molecule has 0 amide bonds. The van der Waals surface area contributed by atoms with Crippen LogP contribution in [0.5, 0.6) is 0 Å². The van der Waals surface area contributed by atoms with Gasteiger partial charge in [0.25, 0.3) is 0 Å². The average Bonchev–Trinajstić information content (AvgIpc) is 2.38. The minimum atomic E-state index is 0.822. The molecule has 0 N–H and O–H groups in total. The van der Waals surface area contributed by atoms with Crippen LogP contribution < -0.4 is 0 Å². The predicted octanol–water partition coefficient (Wildman–Crippen LogP) is 4.60. The molecule has 1 nitrogen and oxygen atoms in total. The van der Waals surface area contributed by atoms with E-state index in [-0.39, 0.29) is 0 Å². The second-order valence-electron chi connectivity index (χ2n) is 4.11. The summed E-state index contributed by atoms with van der Waals surface area (Å²) >= 11 is 6.52. The molecule has 2 aromatic carbocycles. The number of aromatic nitrogens is 1. The first kappa shape index (κ1) is 10.5. The van der Waals surface area contributed by atoms with Crippen LogP contribution in [-0.4, -0.2) is 4.98 Å². The molecule has 0 aliphatic rings. The van der Waals surface area contributed by atoms with E-state index in [1.54, 1.807) is 0 Å². The molecule has 2 heteroatoms. The van der Waals surface area contributed by atoms with Crippen LogP contribution in [0.2, 0.25) is 5.02 Å². The highest BCUT2D eigenvalue weighted by molar-refractivity contribution is 6.40. The molecule has 1 aromatic heterocycles. The molecule has 0 atom stereocenters. The van der Waals surface area contributed by atoms with Crippen LogP contribution in [0, 0.1) is 0 Å². The molecule has 0 radical (unpaired) electrons. The van der Waals surface area contributed by atoms with Gasteiger partial charge in [-0.25, -0.2) is 4.98 Å². The number of hydrogen-bond acceptors (Lipinski definition) is 1. The maximum atomic E-state index is 6.52. The predicted molar refractivity (Wildman–Crippen MR) is 73.6 cm³/mol. The first-order chi connectivity index (χ1) is 8.31. The molecule has 0 saturated heterocycles. The number of halogens is 1. The van der Waals surface area contributed by atoms with Crippen molar-refractivity contribution >= 4 is 33.4 Å². The zero-order valence-electron chi connectivity index (χ0n) is 9.57. The molecule has 3 rings (SSSR count). The third kappa shape index (κ3) is 1.58. The number of pyridine rings is 1. The van der Waals surface area contributed by atoms with E-state index in [9.17, 15) is 0 Å². The zero-order chi connectivity index (χ0) is 11.8. The maximum absolute atomic E-state index is 6.52. The van der Waals surface area contributed by atoms with Crippen molar-refractivity contribution in [2.24, 2.45) is 0 Å². The molecule has 0 fully saturated rings. The van der Waals surface area contributed by atoms with Gasteiger partial charge in [-0.2, -0.15) is 0 Å². The summed E-state index contributed by atoms with van der Waals surface area (Å²) in [7, 11) is 0. The van der Waals surface area contributed by atoms with Crippen LogP contribution >= 0.6 is 11.6 Å². The maximum Gasteiger partial charge on any atom is 0.0727 e. The zero-order valence-corrected chi connectivity index (χ0v) is 10.3. The van der Waals surface area contributed by atoms with Gasteiger partial charge in [0.15, 0.2) is 0 Å². The molecular weight excluding hydrogens is 230 g/mol. The van der Waals surface area contributed by atoms with Gasteiger partial charge in [-0.3, -0.25) is 0 Å². The number of fused-ring (bicyclic) bond motifs is 2. The Kier molecular flexibility index (Phi) is 2.49. The molecule has 1 heterocycles. The fourth-order valence-corrected chi connectivity index (χ4v) is 2.63. The normalized spacial score (nSPS) is 11.2. The van der Waals surface area contributed by atoms with Gasteiger partial charge in [0, 0.05) is 10.8 Å². The second-order valence-corrected chi connectivity index (χ2v) is 4.49. The minimum absolute atomic E-state index is 0.822. The van der Waals surface area contributed by atoms with Crippen LogP contribution in [0.25, 0.3) is 21.8 Å². The molecule has 17 heavy (non-hydrogen) atoms. The Morgan fingerprint density at radius 3 is 2.59 bits per heavy atom. The number of aryl methyl sites for hydroxylation is 1. The van der Waals surface area contributed by atoms with Crippen molar-refractivity contribution in [2.45, 2.75) is 13.3 Å². The highest BCUT2D eigenvalue weighted by Gasteiger charge is 2.09. The minimum Gasteiger partial charge on any atom is -0.248 e. The summed E-state index contributed by atoms with van der Waals surface area (Å²) in [6, 6.07) is 14.2. The SMILES string of the molecule is CCc1cccc2nc3ccccc3c(Cl)c12. The largest absolute Gasteiger partial charge is 0.248 e. The van der Waals surface area contributed by atoms with Crippen LogP contribution in [0.15, 0.2) is 42.5 Å². The Balaban J connectivity index is 2.55. The van der Waals surface area contributed by atoms with Gasteiger partial charge >= 0.3 is 0 Å². The molecule has 0 aliphatic heterocycles. The summed E-state index contributed by atoms with van der Waals surface area (Å²) in [5.74, 6) is 0. The lowest BCUT2D eigenvalue weighted by Crippen LogP contribution is -1.89. The Morgan fingerprint density at radius 2 is 1.76 bits per heavy atom. The number of benzene rings is 2. The summed E-state index contributed by atoms with van der Waals surface area (Å²) in [6.07, 6.45) is 0.969. The van der Waals surface area contributed by atoms with E-state index in [4.69, 9.17) is 11.6 Å². The van der Waals surface area contributed by atoms with E-state index >= 15 is 0 Å². The Hall–Kier alpha value is -1.60. The molecule has 3 aromatic rings. The lowest BCUT2D eigenvalue weighted by atomic mass is 10.0. The third-order valence-electron chi connectivity index (χ3n) is 3.11. The summed E-state index contributed by atoms with van der Waals surface area (Å²) in [6.45, 7) is 2.14. The molecule has 84 valence electrons. The first-order valence-electron chi connectivity index (χ1n) is 5.77. The van der Waals surface area contributed by atoms with Crippen LogP contribution in [0.3, 0.4) is 0 Å². The molecule has 0 unspecified atom stereocenters. The van der Waals surface area contributed by atoms with Gasteiger partial charge in [-0.1, -0.05) is 48.9 Å². The van der Waals surface area contributed by atoms with Gasteiger partial charge < -0.3 is 0 Å². The highest BCUT2D eigenvalue weighted by Crippen LogP contribution is 2.32. The Morgan fingerprint density at radius 1 is 1.00 bits per heavy atom. The van der Waals surface area contributed by atoms with Crippen LogP contribution in [-0.2, 0) is 6.42 Å². The molecule has 0 saturated carbocycles. The Bertz CT molecular complexity index is 704. The van der Waals surface area contributed by atoms with E-state index in [2.05, 4.69) is 18.0 Å². The standard InChI is InChI=1S/C15H12ClN/c1-2-10-6-5-9-13-14(10)15(16)11-7-3-4-8-12(11)17-13/h3-9H,2H2,1H3. The Labute approximate surface area is 105 Å². The van der Waals surface area contributed by atoms with E-state index in [0.29, 0.717) is 0 Å². The van der Waals surface area contributed by atoms with Crippen molar-refractivity contribution in [1.29, 1.82) is 0 Å². The van der Waals surface area contributed by atoms with E-state index in [0.717, 1.165) is 33.2 Å². The summed E-state index contributed by atoms with van der Waals surface area (Å²) in [4.78, 5) is 4.66. The van der Waals surface area contributed by atoms with Crippen LogP contribution in [0.4, 0.5) is 0 Å². The smallest absolute Gasteiger partial charge is 0.0727 e. The summed E-state index contributed by atoms with van der Waals surface area (Å²) < 4.78 is 0. The van der Waals surface area contributed by atoms with Gasteiger partial charge in [-0.15, -0.1) is 0 Å². The number of para-hydroxylation sites is 1. The summed E-state index contributed by atoms with van der Waals surface area (Å²) in [5, 5.41) is 2.95. The first-order valence-corrected chi connectivity index (χ1v) is 6.15. The molecule has 0 aliphatic carbocycles. The molecule has 0 bridgehead atoms. The number of hydrogen-bond donors (Lipinski definition) is 0. The topological polar surface area (TPSA) is 12.9 Å². The number of rotatable bonds is 1. The fourth-order valence-electron chi connectivity index (χ4n) is 2.25. The van der Waals surface area contributed by atoms with E-state index < -0.39 is 0 Å². The monoisotopic (exact) mass is 241 g/mol. The average molecular weight is 242 g/mol. The van der Waals surface area contributed by atoms with Crippen LogP contribution in [0.1, 0.15) is 12.5 Å². The fraction of sp³-hybridized carbons (Fsp3) is 0.133. The quantitative estimate of drug-likeness (QED) is 0.567. The van der Waals surface area contributed by atoms with Gasteiger partial charge in [0.2, 0.25) is 0 Å². The third-order valence-corrected chi connectivity index (χ3v) is 3.50.